The average molecular weight is 388 g/mol. The molecule has 0 saturated carbocycles. The van der Waals surface area contributed by atoms with Crippen LogP contribution in [-0.2, 0) is 11.2 Å². The van der Waals surface area contributed by atoms with E-state index in [9.17, 15) is 4.79 Å². The van der Waals surface area contributed by atoms with Crippen molar-refractivity contribution < 1.29 is 18.7 Å². The predicted octanol–water partition coefficient (Wildman–Crippen LogP) is 3.98. The zero-order valence-electron chi connectivity index (χ0n) is 14.9. The fourth-order valence-electron chi connectivity index (χ4n) is 2.40. The number of anilines is 1. The first kappa shape index (κ1) is 18.7. The van der Waals surface area contributed by atoms with Crippen LogP contribution < -0.4 is 14.8 Å². The van der Waals surface area contributed by atoms with E-state index >= 15 is 0 Å². The molecule has 27 heavy (non-hydrogen) atoms. The highest BCUT2D eigenvalue weighted by Gasteiger charge is 2.13. The van der Waals surface area contributed by atoms with Crippen molar-refractivity contribution in [2.24, 2.45) is 0 Å². The number of hydrogen-bond acceptors (Lipinski definition) is 6. The van der Waals surface area contributed by atoms with Crippen LogP contribution in [0.5, 0.6) is 11.5 Å². The van der Waals surface area contributed by atoms with Crippen molar-refractivity contribution >= 4 is 23.2 Å². The molecule has 1 N–H and O–H groups in total. The number of carbonyl (C=O) groups excluding carboxylic acids is 1. The molecule has 1 amide bonds. The fraction of sp³-hybridized carbons (Fsp3) is 0.211. The van der Waals surface area contributed by atoms with E-state index < -0.39 is 0 Å². The Kier molecular flexibility index (Phi) is 5.93. The van der Waals surface area contributed by atoms with Crippen molar-refractivity contribution in [1.29, 1.82) is 0 Å². The third kappa shape index (κ3) is 4.77. The second-order valence-electron chi connectivity index (χ2n) is 5.62. The van der Waals surface area contributed by atoms with Gasteiger partial charge in [0.05, 0.1) is 19.9 Å². The molecule has 3 rings (SSSR count). The highest BCUT2D eigenvalue weighted by atomic mass is 35.5. The third-order valence-electron chi connectivity index (χ3n) is 3.81. The van der Waals surface area contributed by atoms with E-state index in [0.29, 0.717) is 40.4 Å². The van der Waals surface area contributed by atoms with E-state index in [-0.39, 0.29) is 12.3 Å². The summed E-state index contributed by atoms with van der Waals surface area (Å²) in [6.45, 7) is 0. The van der Waals surface area contributed by atoms with Crippen LogP contribution in [0.25, 0.3) is 11.5 Å². The first-order valence-electron chi connectivity index (χ1n) is 8.19. The maximum atomic E-state index is 12.2. The number of nitrogens with zero attached hydrogens (tertiary/aromatic N) is 2. The smallest absolute Gasteiger partial charge is 0.247 e. The summed E-state index contributed by atoms with van der Waals surface area (Å²) in [6.07, 6.45) is 0.516. The number of methoxy groups -OCH3 is 2. The van der Waals surface area contributed by atoms with Gasteiger partial charge in [-0.05, 0) is 36.4 Å². The lowest BCUT2D eigenvalue weighted by atomic mass is 10.2. The Hall–Kier alpha value is -3.06. The summed E-state index contributed by atoms with van der Waals surface area (Å²) in [5.41, 5.74) is 1.33. The molecule has 0 aliphatic rings. The Balaban J connectivity index is 1.59. The molecule has 0 bridgehead atoms. The van der Waals surface area contributed by atoms with Crippen molar-refractivity contribution in [1.82, 2.24) is 10.2 Å². The average Bonchev–Trinajstić information content (AvgIpc) is 3.16. The SMILES string of the molecule is COc1ccc(NC(=O)CCc2nnc(-c3ccc(Cl)cc3)o2)c(OC)c1. The van der Waals surface area contributed by atoms with E-state index in [1.54, 1.807) is 49.6 Å². The van der Waals surface area contributed by atoms with Gasteiger partial charge in [-0.3, -0.25) is 4.79 Å². The second kappa shape index (κ2) is 8.55. The summed E-state index contributed by atoms with van der Waals surface area (Å²) in [7, 11) is 3.09. The maximum absolute atomic E-state index is 12.2. The van der Waals surface area contributed by atoms with Crippen molar-refractivity contribution in [2.75, 3.05) is 19.5 Å². The Morgan fingerprint density at radius 2 is 1.89 bits per heavy atom. The minimum Gasteiger partial charge on any atom is -0.497 e. The summed E-state index contributed by atoms with van der Waals surface area (Å²) in [5.74, 6) is 1.75. The summed E-state index contributed by atoms with van der Waals surface area (Å²) in [4.78, 5) is 12.2. The maximum Gasteiger partial charge on any atom is 0.247 e. The Morgan fingerprint density at radius 1 is 1.11 bits per heavy atom. The molecule has 140 valence electrons. The molecule has 0 radical (unpaired) electrons. The molecule has 7 nitrogen and oxygen atoms in total. The van der Waals surface area contributed by atoms with E-state index in [2.05, 4.69) is 15.5 Å². The van der Waals surface area contributed by atoms with Gasteiger partial charge in [-0.15, -0.1) is 10.2 Å². The fourth-order valence-corrected chi connectivity index (χ4v) is 2.52. The number of aryl methyl sites for hydroxylation is 1. The van der Waals surface area contributed by atoms with Gasteiger partial charge in [0.2, 0.25) is 17.7 Å². The van der Waals surface area contributed by atoms with Gasteiger partial charge in [-0.2, -0.15) is 0 Å². The lowest BCUT2D eigenvalue weighted by molar-refractivity contribution is -0.116. The van der Waals surface area contributed by atoms with Crippen LogP contribution in [0.2, 0.25) is 5.02 Å². The molecule has 1 heterocycles. The largest absolute Gasteiger partial charge is 0.497 e. The van der Waals surface area contributed by atoms with Crippen molar-refractivity contribution in [2.45, 2.75) is 12.8 Å². The van der Waals surface area contributed by atoms with Gasteiger partial charge in [0.15, 0.2) is 0 Å². The monoisotopic (exact) mass is 387 g/mol. The Morgan fingerprint density at radius 3 is 2.59 bits per heavy atom. The lowest BCUT2D eigenvalue weighted by Crippen LogP contribution is -2.13. The molecule has 2 aromatic carbocycles. The summed E-state index contributed by atoms with van der Waals surface area (Å²) in [6, 6.07) is 12.2. The Bertz CT molecular complexity index is 925. The number of hydrogen-bond donors (Lipinski definition) is 1. The molecule has 8 heteroatoms. The minimum absolute atomic E-state index is 0.190. The van der Waals surface area contributed by atoms with E-state index in [1.807, 2.05) is 0 Å². The number of nitrogens with one attached hydrogen (secondary N) is 1. The van der Waals surface area contributed by atoms with Gasteiger partial charge in [0.1, 0.15) is 11.5 Å². The Labute approximate surface area is 161 Å². The zero-order valence-corrected chi connectivity index (χ0v) is 15.6. The standard InChI is InChI=1S/C19H18ClN3O4/c1-25-14-7-8-15(16(11-14)26-2)21-17(24)9-10-18-22-23-19(27-18)12-3-5-13(20)6-4-12/h3-8,11H,9-10H2,1-2H3,(H,21,24). The molecule has 0 aliphatic carbocycles. The summed E-state index contributed by atoms with van der Waals surface area (Å²) < 4.78 is 16.0. The molecular formula is C19H18ClN3O4. The van der Waals surface area contributed by atoms with Crippen LogP contribution in [0.3, 0.4) is 0 Å². The number of ether oxygens (including phenoxy) is 2. The lowest BCUT2D eigenvalue weighted by Gasteiger charge is -2.11. The van der Waals surface area contributed by atoms with Gasteiger partial charge in [-0.25, -0.2) is 0 Å². The van der Waals surface area contributed by atoms with Crippen LogP contribution in [0.4, 0.5) is 5.69 Å². The molecule has 0 atom stereocenters. The molecule has 0 unspecified atom stereocenters. The number of carbonyl (C=O) groups is 1. The van der Waals surface area contributed by atoms with Gasteiger partial charge >= 0.3 is 0 Å². The highest BCUT2D eigenvalue weighted by Crippen LogP contribution is 2.29. The van der Waals surface area contributed by atoms with E-state index in [1.165, 1.54) is 7.11 Å². The van der Waals surface area contributed by atoms with Crippen molar-refractivity contribution in [3.8, 4) is 23.0 Å². The normalized spacial score (nSPS) is 10.5. The predicted molar refractivity (Wildman–Crippen MR) is 101 cm³/mol. The van der Waals surface area contributed by atoms with Crippen LogP contribution in [0, 0.1) is 0 Å². The van der Waals surface area contributed by atoms with Crippen LogP contribution in [-0.4, -0.2) is 30.3 Å². The molecule has 0 aliphatic heterocycles. The number of benzene rings is 2. The summed E-state index contributed by atoms with van der Waals surface area (Å²) in [5, 5.41) is 11.4. The van der Waals surface area contributed by atoms with Gasteiger partial charge in [0.25, 0.3) is 0 Å². The van der Waals surface area contributed by atoms with E-state index in [4.69, 9.17) is 25.5 Å². The molecule has 1 aromatic heterocycles. The number of halogens is 1. The van der Waals surface area contributed by atoms with Crippen LogP contribution in [0.15, 0.2) is 46.9 Å². The first-order chi connectivity index (χ1) is 13.1. The number of amides is 1. The number of rotatable bonds is 7. The van der Waals surface area contributed by atoms with Crippen LogP contribution in [0.1, 0.15) is 12.3 Å². The molecule has 0 spiro atoms. The van der Waals surface area contributed by atoms with Gasteiger partial charge in [-0.1, -0.05) is 11.6 Å². The van der Waals surface area contributed by atoms with Gasteiger partial charge in [0, 0.05) is 29.5 Å². The molecule has 0 fully saturated rings. The quantitative estimate of drug-likeness (QED) is 0.659. The molecule has 3 aromatic rings. The minimum atomic E-state index is -0.190. The molecule has 0 saturated heterocycles. The van der Waals surface area contributed by atoms with Gasteiger partial charge < -0.3 is 19.2 Å². The number of aromatic nitrogens is 2. The highest BCUT2D eigenvalue weighted by molar-refractivity contribution is 6.30. The van der Waals surface area contributed by atoms with Crippen LogP contribution >= 0.6 is 11.6 Å². The molecular weight excluding hydrogens is 370 g/mol. The first-order valence-corrected chi connectivity index (χ1v) is 8.57. The summed E-state index contributed by atoms with van der Waals surface area (Å²) >= 11 is 5.87. The van der Waals surface area contributed by atoms with E-state index in [0.717, 1.165) is 5.56 Å². The second-order valence-corrected chi connectivity index (χ2v) is 6.06. The topological polar surface area (TPSA) is 86.5 Å². The van der Waals surface area contributed by atoms with Crippen molar-refractivity contribution in [3.05, 3.63) is 53.4 Å². The zero-order chi connectivity index (χ0) is 19.2. The van der Waals surface area contributed by atoms with Crippen molar-refractivity contribution in [3.63, 3.8) is 0 Å². The third-order valence-corrected chi connectivity index (χ3v) is 4.06.